The van der Waals surface area contributed by atoms with Gasteiger partial charge >= 0.3 is 0 Å². The van der Waals surface area contributed by atoms with Crippen LogP contribution in [0, 0.1) is 0 Å². The fourth-order valence-electron chi connectivity index (χ4n) is 5.00. The summed E-state index contributed by atoms with van der Waals surface area (Å²) >= 11 is 1.86. The second kappa shape index (κ2) is 7.84. The molecule has 150 valence electrons. The summed E-state index contributed by atoms with van der Waals surface area (Å²) < 4.78 is 17.5. The van der Waals surface area contributed by atoms with Crippen molar-refractivity contribution in [3.05, 3.63) is 51.5 Å². The molecule has 0 aliphatic carbocycles. The van der Waals surface area contributed by atoms with Crippen molar-refractivity contribution in [3.63, 3.8) is 0 Å². The van der Waals surface area contributed by atoms with E-state index >= 15 is 0 Å². The van der Waals surface area contributed by atoms with Crippen LogP contribution in [0.2, 0.25) is 0 Å². The first-order valence-corrected chi connectivity index (χ1v) is 11.2. The molecule has 0 unspecified atom stereocenters. The lowest BCUT2D eigenvalue weighted by Crippen LogP contribution is -2.49. The summed E-state index contributed by atoms with van der Waals surface area (Å²) in [5, 5.41) is 5.94. The normalized spacial score (nSPS) is 29.4. The van der Waals surface area contributed by atoms with Crippen LogP contribution in [0.15, 0.2) is 29.8 Å². The number of nitrogens with one attached hydrogen (secondary N) is 1. The van der Waals surface area contributed by atoms with Gasteiger partial charge in [0.15, 0.2) is 0 Å². The Morgan fingerprint density at radius 2 is 2.14 bits per heavy atom. The van der Waals surface area contributed by atoms with Crippen LogP contribution < -0.4 is 5.32 Å². The zero-order chi connectivity index (χ0) is 18.9. The van der Waals surface area contributed by atoms with Crippen LogP contribution in [0.1, 0.15) is 47.4 Å². The molecule has 2 aromatic heterocycles. The van der Waals surface area contributed by atoms with Crippen molar-refractivity contribution in [2.45, 2.75) is 56.5 Å². The zero-order valence-electron chi connectivity index (χ0n) is 16.2. The summed E-state index contributed by atoms with van der Waals surface area (Å²) in [5.41, 5.74) is 3.92. The van der Waals surface area contributed by atoms with Gasteiger partial charge < -0.3 is 19.5 Å². The van der Waals surface area contributed by atoms with E-state index in [1.165, 1.54) is 21.7 Å². The number of aromatic nitrogens is 1. The van der Waals surface area contributed by atoms with Crippen molar-refractivity contribution >= 4 is 11.3 Å². The Morgan fingerprint density at radius 3 is 3.00 bits per heavy atom. The van der Waals surface area contributed by atoms with Gasteiger partial charge in [0, 0.05) is 48.4 Å². The molecule has 28 heavy (non-hydrogen) atoms. The van der Waals surface area contributed by atoms with E-state index in [0.717, 1.165) is 71.8 Å². The molecule has 0 aromatic carbocycles. The van der Waals surface area contributed by atoms with Crippen molar-refractivity contribution in [2.75, 3.05) is 26.4 Å². The Kier molecular flexibility index (Phi) is 5.24. The minimum Gasteiger partial charge on any atom is -0.378 e. The van der Waals surface area contributed by atoms with Gasteiger partial charge in [-0.15, -0.1) is 11.3 Å². The van der Waals surface area contributed by atoms with Gasteiger partial charge in [0.05, 0.1) is 25.4 Å². The summed E-state index contributed by atoms with van der Waals surface area (Å²) in [6.07, 6.45) is 6.01. The van der Waals surface area contributed by atoms with Gasteiger partial charge in [-0.05, 0) is 54.4 Å². The average molecular weight is 401 g/mol. The highest BCUT2D eigenvalue weighted by atomic mass is 32.1. The predicted molar refractivity (Wildman–Crippen MR) is 108 cm³/mol. The van der Waals surface area contributed by atoms with Gasteiger partial charge in [-0.2, -0.15) is 0 Å². The van der Waals surface area contributed by atoms with Gasteiger partial charge in [0.1, 0.15) is 0 Å². The van der Waals surface area contributed by atoms with Gasteiger partial charge in [-0.3, -0.25) is 4.98 Å². The number of pyridine rings is 1. The number of fused-ring (bicyclic) bond motifs is 1. The SMILES string of the molecule is c1ccc([C@]2(CCNCc3scc4c3COC4)CCO[C@]3(CCOC3)C2)nc1. The molecule has 2 aromatic rings. The Morgan fingerprint density at radius 1 is 1.14 bits per heavy atom. The van der Waals surface area contributed by atoms with Crippen molar-refractivity contribution < 1.29 is 14.2 Å². The molecule has 1 spiro atoms. The Hall–Kier alpha value is -1.31. The Labute approximate surface area is 170 Å². The van der Waals surface area contributed by atoms with Crippen LogP contribution in [0.4, 0.5) is 0 Å². The van der Waals surface area contributed by atoms with E-state index < -0.39 is 0 Å². The van der Waals surface area contributed by atoms with Crippen LogP contribution in [0.25, 0.3) is 0 Å². The Bertz CT molecular complexity index is 803. The van der Waals surface area contributed by atoms with E-state index in [1.54, 1.807) is 0 Å². The molecule has 0 bridgehead atoms. The molecule has 3 aliphatic heterocycles. The third-order valence-electron chi connectivity index (χ3n) is 6.56. The monoisotopic (exact) mass is 400 g/mol. The van der Waals surface area contributed by atoms with Crippen molar-refractivity contribution in [1.82, 2.24) is 10.3 Å². The standard InChI is InChI=1S/C22H28N2O3S/c1-2-7-24-20(3-1)21(5-10-27-22(15-21)6-9-25-16-22)4-8-23-11-19-18-13-26-12-17(18)14-28-19/h1-3,7,14,23H,4-6,8-13,15-16H2/t21-,22-/m1/s1. The lowest BCUT2D eigenvalue weighted by atomic mass is 9.68. The number of nitrogens with zero attached hydrogens (tertiary/aromatic N) is 1. The first kappa shape index (κ1) is 18.7. The third-order valence-corrected chi connectivity index (χ3v) is 7.64. The Balaban J connectivity index is 1.28. The smallest absolute Gasteiger partial charge is 0.0945 e. The molecule has 5 nitrogen and oxygen atoms in total. The molecule has 2 fully saturated rings. The van der Waals surface area contributed by atoms with Crippen molar-refractivity contribution in [1.29, 1.82) is 0 Å². The number of thiophene rings is 1. The molecule has 5 heterocycles. The van der Waals surface area contributed by atoms with E-state index in [9.17, 15) is 0 Å². The number of hydrogen-bond donors (Lipinski definition) is 1. The van der Waals surface area contributed by atoms with Crippen LogP contribution >= 0.6 is 11.3 Å². The number of hydrogen-bond acceptors (Lipinski definition) is 6. The van der Waals surface area contributed by atoms with Crippen LogP contribution in [0.5, 0.6) is 0 Å². The minimum atomic E-state index is -0.123. The quantitative estimate of drug-likeness (QED) is 0.752. The summed E-state index contributed by atoms with van der Waals surface area (Å²) in [6, 6.07) is 6.31. The van der Waals surface area contributed by atoms with Gasteiger partial charge in [-0.25, -0.2) is 0 Å². The first-order chi connectivity index (χ1) is 13.8. The highest BCUT2D eigenvalue weighted by molar-refractivity contribution is 7.10. The molecule has 0 saturated carbocycles. The molecule has 2 atom stereocenters. The minimum absolute atomic E-state index is 0.0563. The molecule has 6 heteroatoms. The highest BCUT2D eigenvalue weighted by Crippen LogP contribution is 2.46. The predicted octanol–water partition coefficient (Wildman–Crippen LogP) is 3.56. The van der Waals surface area contributed by atoms with Crippen LogP contribution in [-0.2, 0) is 39.4 Å². The average Bonchev–Trinajstić information content (AvgIpc) is 3.45. The lowest BCUT2D eigenvalue weighted by Gasteiger charge is -2.45. The van der Waals surface area contributed by atoms with Crippen molar-refractivity contribution in [3.8, 4) is 0 Å². The largest absolute Gasteiger partial charge is 0.378 e. The maximum absolute atomic E-state index is 6.23. The molecule has 3 aliphatic rings. The fraction of sp³-hybridized carbons (Fsp3) is 0.591. The maximum atomic E-state index is 6.23. The van der Waals surface area contributed by atoms with E-state index in [2.05, 4.69) is 22.8 Å². The van der Waals surface area contributed by atoms with Crippen LogP contribution in [-0.4, -0.2) is 37.0 Å². The molecular formula is C22H28N2O3S. The zero-order valence-corrected chi connectivity index (χ0v) is 17.1. The number of rotatable bonds is 6. The van der Waals surface area contributed by atoms with Gasteiger partial charge in [-0.1, -0.05) is 6.07 Å². The lowest BCUT2D eigenvalue weighted by molar-refractivity contribution is -0.109. The maximum Gasteiger partial charge on any atom is 0.0945 e. The molecule has 1 N–H and O–H groups in total. The van der Waals surface area contributed by atoms with E-state index in [0.29, 0.717) is 0 Å². The summed E-state index contributed by atoms with van der Waals surface area (Å²) in [6.45, 7) is 5.76. The molecular weight excluding hydrogens is 372 g/mol. The second-order valence-electron chi connectivity index (χ2n) is 8.34. The van der Waals surface area contributed by atoms with E-state index in [1.807, 2.05) is 23.6 Å². The first-order valence-electron chi connectivity index (χ1n) is 10.3. The van der Waals surface area contributed by atoms with Crippen LogP contribution in [0.3, 0.4) is 0 Å². The van der Waals surface area contributed by atoms with Crippen molar-refractivity contribution in [2.24, 2.45) is 0 Å². The summed E-state index contributed by atoms with van der Waals surface area (Å²) in [7, 11) is 0. The highest BCUT2D eigenvalue weighted by Gasteiger charge is 2.49. The molecule has 0 amide bonds. The molecule has 5 rings (SSSR count). The summed E-state index contributed by atoms with van der Waals surface area (Å²) in [4.78, 5) is 6.19. The van der Waals surface area contributed by atoms with Gasteiger partial charge in [0.2, 0.25) is 0 Å². The molecule has 0 radical (unpaired) electrons. The topological polar surface area (TPSA) is 52.6 Å². The number of ether oxygens (including phenoxy) is 3. The van der Waals surface area contributed by atoms with E-state index in [4.69, 9.17) is 19.2 Å². The second-order valence-corrected chi connectivity index (χ2v) is 9.30. The van der Waals surface area contributed by atoms with Gasteiger partial charge in [0.25, 0.3) is 0 Å². The third kappa shape index (κ3) is 3.53. The molecule has 2 saturated heterocycles. The summed E-state index contributed by atoms with van der Waals surface area (Å²) in [5.74, 6) is 0. The van der Waals surface area contributed by atoms with E-state index in [-0.39, 0.29) is 11.0 Å². The fourth-order valence-corrected chi connectivity index (χ4v) is 6.01.